The van der Waals surface area contributed by atoms with Crippen LogP contribution in [0.5, 0.6) is 5.75 Å². The lowest BCUT2D eigenvalue weighted by atomic mass is 9.77. The van der Waals surface area contributed by atoms with Crippen LogP contribution in [0.25, 0.3) is 11.1 Å². The summed E-state index contributed by atoms with van der Waals surface area (Å²) in [6.07, 6.45) is 3.70. The molecule has 63 heavy (non-hydrogen) atoms. The third-order valence-electron chi connectivity index (χ3n) is 11.6. The van der Waals surface area contributed by atoms with Gasteiger partial charge in [-0.3, -0.25) is 14.4 Å². The Balaban J connectivity index is 1.10. The predicted octanol–water partition coefficient (Wildman–Crippen LogP) is 9.45. The standard InChI is InChI=1S/C49H62N6O8/c1-48(2,3)62-46(59)50-28-32-10-14-35(15-11-32)42(57)26-38(45(58)53-39-19-16-36(17-20-39)44-51-30-52-54-44)24-31-8-12-34(13-9-31)40-21-18-37(27-43(40)61-7)41(56)25-33-22-23-55(29-33)47(60)63-49(4,5)6/h8-9,12-13,16-21,27,32-33,35,38H,10-11,14-15,22-26,28-30H2,1-7H3,(H,50,59)(H,53,58)/t32?,33-,35?,38?/m0/s1. The number of carbonyl (C=O) groups excluding carboxylic acids is 5. The molecule has 3 amide bonds. The summed E-state index contributed by atoms with van der Waals surface area (Å²) in [5.74, 6) is 0.428. The zero-order valence-electron chi connectivity index (χ0n) is 37.7. The van der Waals surface area contributed by atoms with Gasteiger partial charge in [0.2, 0.25) is 5.91 Å². The molecule has 0 radical (unpaired) electrons. The third-order valence-corrected chi connectivity index (χ3v) is 11.6. The Morgan fingerprint density at radius 1 is 0.810 bits per heavy atom. The van der Waals surface area contributed by atoms with E-state index in [1.54, 1.807) is 30.2 Å². The molecule has 2 atom stereocenters. The highest BCUT2D eigenvalue weighted by Gasteiger charge is 2.33. The number of azo groups is 1. The number of alkyl carbamates (subject to hydrolysis) is 1. The third kappa shape index (κ3) is 13.5. The van der Waals surface area contributed by atoms with Crippen LogP contribution in [0.2, 0.25) is 0 Å². The van der Waals surface area contributed by atoms with Gasteiger partial charge in [0, 0.05) is 66.7 Å². The number of amides is 3. The van der Waals surface area contributed by atoms with Gasteiger partial charge in [0.05, 0.1) is 7.11 Å². The molecular weight excluding hydrogens is 801 g/mol. The largest absolute Gasteiger partial charge is 0.496 e. The average Bonchev–Trinajstić information content (AvgIpc) is 3.96. The Morgan fingerprint density at radius 2 is 1.49 bits per heavy atom. The normalized spacial score (nSPS) is 19.2. The minimum atomic E-state index is -0.626. The average molecular weight is 863 g/mol. The van der Waals surface area contributed by atoms with E-state index in [0.717, 1.165) is 41.5 Å². The summed E-state index contributed by atoms with van der Waals surface area (Å²) >= 11 is 0. The molecule has 2 heterocycles. The Kier molecular flexibility index (Phi) is 15.2. The van der Waals surface area contributed by atoms with Crippen molar-refractivity contribution in [3.05, 3.63) is 83.4 Å². The van der Waals surface area contributed by atoms with Crippen molar-refractivity contribution in [1.29, 1.82) is 0 Å². The number of Topliss-reactive ketones (excluding diaryl/α,β-unsaturated/α-hetero) is 2. The molecule has 2 N–H and O–H groups in total. The molecule has 6 rings (SSSR count). The maximum Gasteiger partial charge on any atom is 0.410 e. The lowest BCUT2D eigenvalue weighted by Gasteiger charge is -2.29. The Bertz CT molecular complexity index is 2180. The topological polar surface area (TPSA) is 177 Å². The monoisotopic (exact) mass is 862 g/mol. The van der Waals surface area contributed by atoms with E-state index in [2.05, 4.69) is 25.9 Å². The van der Waals surface area contributed by atoms with Crippen molar-refractivity contribution in [3.63, 3.8) is 0 Å². The van der Waals surface area contributed by atoms with E-state index in [1.165, 1.54) is 0 Å². The zero-order valence-corrected chi connectivity index (χ0v) is 37.7. The number of nitrogens with one attached hydrogen (secondary N) is 2. The van der Waals surface area contributed by atoms with Crippen LogP contribution < -0.4 is 15.4 Å². The number of ether oxygens (including phenoxy) is 3. The van der Waals surface area contributed by atoms with Gasteiger partial charge in [-0.2, -0.15) is 5.11 Å². The number of likely N-dealkylation sites (tertiary alicyclic amines) is 1. The minimum Gasteiger partial charge on any atom is -0.496 e. The molecule has 336 valence electrons. The lowest BCUT2D eigenvalue weighted by Crippen LogP contribution is -2.37. The summed E-state index contributed by atoms with van der Waals surface area (Å²) in [5, 5.41) is 13.9. The zero-order chi connectivity index (χ0) is 45.3. The Labute approximate surface area is 370 Å². The summed E-state index contributed by atoms with van der Waals surface area (Å²) < 4.78 is 16.7. The van der Waals surface area contributed by atoms with Crippen molar-refractivity contribution in [1.82, 2.24) is 10.2 Å². The van der Waals surface area contributed by atoms with Gasteiger partial charge in [-0.15, -0.1) is 5.11 Å². The molecule has 14 nitrogen and oxygen atoms in total. The van der Waals surface area contributed by atoms with Crippen LogP contribution in [0, 0.1) is 23.7 Å². The van der Waals surface area contributed by atoms with Crippen LogP contribution in [0.15, 0.2) is 82.0 Å². The summed E-state index contributed by atoms with van der Waals surface area (Å²) in [7, 11) is 1.58. The number of hydrogen-bond donors (Lipinski definition) is 2. The molecule has 1 saturated heterocycles. The van der Waals surface area contributed by atoms with E-state index in [-0.39, 0.29) is 47.7 Å². The molecule has 1 aliphatic carbocycles. The second-order valence-corrected chi connectivity index (χ2v) is 18.9. The minimum absolute atomic E-state index is 0.0148. The number of carbonyl (C=O) groups is 5. The SMILES string of the molecule is COc1cc(C(=O)C[C@@H]2CCN(C(=O)OC(C)(C)C)C2)ccc1-c1ccc(CC(CC(=O)C2CCC(CNC(=O)OC(C)(C)C)CC2)C(=O)Nc2ccc(C3=NCN=N3)cc2)cc1. The van der Waals surface area contributed by atoms with Crippen molar-refractivity contribution in [2.45, 2.75) is 104 Å². The van der Waals surface area contributed by atoms with E-state index in [0.29, 0.717) is 74.8 Å². The second kappa shape index (κ2) is 20.5. The van der Waals surface area contributed by atoms with E-state index < -0.39 is 23.2 Å². The maximum absolute atomic E-state index is 14.0. The fourth-order valence-corrected chi connectivity index (χ4v) is 8.30. The molecule has 0 spiro atoms. The summed E-state index contributed by atoms with van der Waals surface area (Å²) in [6, 6.07) is 20.6. The van der Waals surface area contributed by atoms with E-state index in [1.807, 2.05) is 90.1 Å². The van der Waals surface area contributed by atoms with Gasteiger partial charge in [0.1, 0.15) is 22.7 Å². The fourth-order valence-electron chi connectivity index (χ4n) is 8.30. The molecule has 0 bridgehead atoms. The van der Waals surface area contributed by atoms with E-state index in [9.17, 15) is 24.0 Å². The molecule has 1 saturated carbocycles. The first-order valence-corrected chi connectivity index (χ1v) is 22.0. The van der Waals surface area contributed by atoms with Gasteiger partial charge in [0.25, 0.3) is 0 Å². The van der Waals surface area contributed by atoms with Crippen molar-refractivity contribution in [3.8, 4) is 16.9 Å². The lowest BCUT2D eigenvalue weighted by molar-refractivity contribution is -0.129. The maximum atomic E-state index is 14.0. The van der Waals surface area contributed by atoms with Crippen molar-refractivity contribution >= 4 is 41.2 Å². The van der Waals surface area contributed by atoms with Crippen molar-refractivity contribution in [2.75, 3.05) is 38.7 Å². The highest BCUT2D eigenvalue weighted by molar-refractivity contribution is 6.01. The van der Waals surface area contributed by atoms with Crippen LogP contribution in [-0.2, 0) is 25.5 Å². The quantitative estimate of drug-likeness (QED) is 0.142. The molecule has 3 aromatic carbocycles. The fraction of sp³-hybridized carbons (Fsp3) is 0.510. The van der Waals surface area contributed by atoms with Gasteiger partial charge in [-0.1, -0.05) is 30.3 Å². The number of nitrogens with zero attached hydrogens (tertiary/aromatic N) is 4. The number of hydrogen-bond acceptors (Lipinski definition) is 11. The highest BCUT2D eigenvalue weighted by atomic mass is 16.6. The smallest absolute Gasteiger partial charge is 0.410 e. The molecule has 3 aromatic rings. The van der Waals surface area contributed by atoms with Crippen LogP contribution in [-0.4, -0.2) is 85.0 Å². The first-order valence-electron chi connectivity index (χ1n) is 22.0. The van der Waals surface area contributed by atoms with Gasteiger partial charge in [0.15, 0.2) is 18.3 Å². The van der Waals surface area contributed by atoms with Crippen molar-refractivity contribution in [2.24, 2.45) is 38.9 Å². The summed E-state index contributed by atoms with van der Waals surface area (Å²) in [4.78, 5) is 72.0. The van der Waals surface area contributed by atoms with Gasteiger partial charge < -0.3 is 29.7 Å². The van der Waals surface area contributed by atoms with Gasteiger partial charge in [-0.05, 0) is 139 Å². The van der Waals surface area contributed by atoms with Gasteiger partial charge >= 0.3 is 12.2 Å². The molecule has 3 aliphatic rings. The first kappa shape index (κ1) is 46.6. The second-order valence-electron chi connectivity index (χ2n) is 18.9. The molecule has 2 fully saturated rings. The predicted molar refractivity (Wildman–Crippen MR) is 241 cm³/mol. The number of benzene rings is 3. The van der Waals surface area contributed by atoms with E-state index in [4.69, 9.17) is 14.2 Å². The molecule has 1 unspecified atom stereocenters. The number of amidine groups is 1. The molecule has 14 heteroatoms. The highest BCUT2D eigenvalue weighted by Crippen LogP contribution is 2.34. The van der Waals surface area contributed by atoms with Crippen LogP contribution in [0.3, 0.4) is 0 Å². The number of methoxy groups -OCH3 is 1. The molecule has 2 aliphatic heterocycles. The summed E-state index contributed by atoms with van der Waals surface area (Å²) in [6.45, 7) is 12.8. The Hall–Kier alpha value is -5.92. The van der Waals surface area contributed by atoms with Crippen LogP contribution in [0.4, 0.5) is 15.3 Å². The number of aliphatic imine (C=N–C) groups is 1. The Morgan fingerprint density at radius 3 is 2.13 bits per heavy atom. The number of ketones is 2. The van der Waals surface area contributed by atoms with Crippen LogP contribution >= 0.6 is 0 Å². The first-order chi connectivity index (χ1) is 29.9. The van der Waals surface area contributed by atoms with Crippen molar-refractivity contribution < 1.29 is 38.2 Å². The van der Waals surface area contributed by atoms with Gasteiger partial charge in [-0.25, -0.2) is 14.6 Å². The molecular formula is C49H62N6O8. The number of anilines is 1. The van der Waals surface area contributed by atoms with Crippen LogP contribution in [0.1, 0.15) is 108 Å². The summed E-state index contributed by atoms with van der Waals surface area (Å²) in [5.41, 5.74) is 3.37. The number of rotatable bonds is 15. The molecule has 0 aromatic heterocycles. The van der Waals surface area contributed by atoms with E-state index >= 15 is 0 Å².